The average molecular weight is 277 g/mol. The predicted molar refractivity (Wildman–Crippen MR) is 84.3 cm³/mol. The Hall–Kier alpha value is -1.36. The van der Waals surface area contributed by atoms with Crippen molar-refractivity contribution in [1.82, 2.24) is 14.9 Å². The summed E-state index contributed by atoms with van der Waals surface area (Å²) in [5.74, 6) is 2.64. The average Bonchev–Trinajstić information content (AvgIpc) is 2.44. The number of piperidine rings is 1. The molecule has 1 aliphatic rings. The Bertz CT molecular complexity index is 399. The summed E-state index contributed by atoms with van der Waals surface area (Å²) in [7, 11) is 4.19. The molecule has 2 heterocycles. The Morgan fingerprint density at radius 2 is 2.10 bits per heavy atom. The molecule has 0 unspecified atom stereocenters. The fraction of sp³-hybridized carbons (Fsp3) is 0.733. The largest absolute Gasteiger partial charge is 0.370 e. The Balaban J connectivity index is 1.84. The minimum absolute atomic E-state index is 0.832. The van der Waals surface area contributed by atoms with E-state index >= 15 is 0 Å². The molecular formula is C15H27N5. The first-order valence-electron chi connectivity index (χ1n) is 7.62. The first kappa shape index (κ1) is 15.0. The van der Waals surface area contributed by atoms with Gasteiger partial charge in [0.05, 0.1) is 0 Å². The molecule has 1 N–H and O–H groups in total. The minimum Gasteiger partial charge on any atom is -0.370 e. The van der Waals surface area contributed by atoms with Crippen LogP contribution in [0.5, 0.6) is 0 Å². The topological polar surface area (TPSA) is 44.3 Å². The van der Waals surface area contributed by atoms with Gasteiger partial charge in [0.2, 0.25) is 5.95 Å². The maximum atomic E-state index is 4.63. The van der Waals surface area contributed by atoms with Gasteiger partial charge in [-0.05, 0) is 51.9 Å². The molecule has 0 aliphatic carbocycles. The highest BCUT2D eigenvalue weighted by Gasteiger charge is 2.17. The lowest BCUT2D eigenvalue weighted by Crippen LogP contribution is -2.34. The third kappa shape index (κ3) is 4.63. The van der Waals surface area contributed by atoms with E-state index in [0.717, 1.165) is 50.3 Å². The van der Waals surface area contributed by atoms with Gasteiger partial charge in [0.1, 0.15) is 5.82 Å². The van der Waals surface area contributed by atoms with Crippen molar-refractivity contribution in [1.29, 1.82) is 0 Å². The van der Waals surface area contributed by atoms with Crippen LogP contribution in [0.2, 0.25) is 0 Å². The zero-order valence-electron chi connectivity index (χ0n) is 13.0. The van der Waals surface area contributed by atoms with Gasteiger partial charge in [0.25, 0.3) is 0 Å². The highest BCUT2D eigenvalue weighted by Crippen LogP contribution is 2.20. The summed E-state index contributed by atoms with van der Waals surface area (Å²) in [6, 6.07) is 1.95. The van der Waals surface area contributed by atoms with E-state index in [-0.39, 0.29) is 0 Å². The van der Waals surface area contributed by atoms with Crippen molar-refractivity contribution < 1.29 is 0 Å². The highest BCUT2D eigenvalue weighted by molar-refractivity contribution is 5.41. The van der Waals surface area contributed by atoms with Crippen LogP contribution in [0.25, 0.3) is 0 Å². The van der Waals surface area contributed by atoms with Gasteiger partial charge in [-0.2, -0.15) is 4.98 Å². The van der Waals surface area contributed by atoms with Crippen molar-refractivity contribution in [2.75, 3.05) is 50.5 Å². The molecule has 0 amide bonds. The van der Waals surface area contributed by atoms with E-state index in [1.54, 1.807) is 0 Å². The lowest BCUT2D eigenvalue weighted by Gasteiger charge is -2.30. The van der Waals surface area contributed by atoms with Crippen LogP contribution >= 0.6 is 0 Å². The first-order chi connectivity index (χ1) is 9.65. The number of hydrogen-bond donors (Lipinski definition) is 1. The Labute approximate surface area is 122 Å². The number of nitrogens with zero attached hydrogens (tertiary/aromatic N) is 4. The molecule has 0 atom stereocenters. The molecule has 0 spiro atoms. The third-order valence-electron chi connectivity index (χ3n) is 3.80. The third-order valence-corrected chi connectivity index (χ3v) is 3.80. The Morgan fingerprint density at radius 1 is 1.35 bits per heavy atom. The quantitative estimate of drug-likeness (QED) is 0.807. The van der Waals surface area contributed by atoms with Crippen LogP contribution < -0.4 is 10.2 Å². The number of anilines is 2. The molecule has 112 valence electrons. The van der Waals surface area contributed by atoms with Gasteiger partial charge in [-0.25, -0.2) is 4.98 Å². The Kier molecular flexibility index (Phi) is 5.59. The predicted octanol–water partition coefficient (Wildman–Crippen LogP) is 2.08. The van der Waals surface area contributed by atoms with Crippen LogP contribution in [0.4, 0.5) is 11.8 Å². The summed E-state index contributed by atoms with van der Waals surface area (Å²) in [5.41, 5.74) is 0. The van der Waals surface area contributed by atoms with Gasteiger partial charge in [-0.15, -0.1) is 0 Å². The maximum absolute atomic E-state index is 4.63. The zero-order chi connectivity index (χ0) is 14.4. The van der Waals surface area contributed by atoms with Crippen LogP contribution in [-0.4, -0.2) is 55.1 Å². The van der Waals surface area contributed by atoms with E-state index < -0.39 is 0 Å². The lowest BCUT2D eigenvalue weighted by atomic mass is 10.00. The van der Waals surface area contributed by atoms with Gasteiger partial charge in [-0.3, -0.25) is 0 Å². The van der Waals surface area contributed by atoms with Gasteiger partial charge in [0, 0.05) is 25.8 Å². The van der Waals surface area contributed by atoms with Crippen molar-refractivity contribution in [2.24, 2.45) is 5.92 Å². The summed E-state index contributed by atoms with van der Waals surface area (Å²) >= 11 is 0. The maximum Gasteiger partial charge on any atom is 0.227 e. The summed E-state index contributed by atoms with van der Waals surface area (Å²) < 4.78 is 0. The normalized spacial score (nSPS) is 16.7. The van der Waals surface area contributed by atoms with Crippen LogP contribution in [-0.2, 0) is 0 Å². The monoisotopic (exact) mass is 277 g/mol. The molecule has 2 rings (SSSR count). The molecular weight excluding hydrogens is 250 g/mol. The van der Waals surface area contributed by atoms with Gasteiger partial charge >= 0.3 is 0 Å². The SMILES string of the molecule is CC1CCN(c2nccc(NCCCN(C)C)n2)CC1. The molecule has 1 saturated heterocycles. The van der Waals surface area contributed by atoms with Crippen LogP contribution in [0, 0.1) is 5.92 Å². The molecule has 1 aliphatic heterocycles. The fourth-order valence-corrected chi connectivity index (χ4v) is 2.42. The summed E-state index contributed by atoms with van der Waals surface area (Å²) in [4.78, 5) is 13.5. The molecule has 0 bridgehead atoms. The van der Waals surface area contributed by atoms with Gasteiger partial charge in [0.15, 0.2) is 0 Å². The molecule has 5 heteroatoms. The molecule has 1 aromatic heterocycles. The highest BCUT2D eigenvalue weighted by atomic mass is 15.3. The fourth-order valence-electron chi connectivity index (χ4n) is 2.42. The van der Waals surface area contributed by atoms with Crippen molar-refractivity contribution in [3.8, 4) is 0 Å². The summed E-state index contributed by atoms with van der Waals surface area (Å²) in [6.07, 6.45) is 5.45. The van der Waals surface area contributed by atoms with Crippen LogP contribution in [0.1, 0.15) is 26.2 Å². The van der Waals surface area contributed by atoms with E-state index in [0.29, 0.717) is 0 Å². The van der Waals surface area contributed by atoms with Crippen LogP contribution in [0.3, 0.4) is 0 Å². The smallest absolute Gasteiger partial charge is 0.227 e. The summed E-state index contributed by atoms with van der Waals surface area (Å²) in [6.45, 7) is 6.51. The minimum atomic E-state index is 0.832. The van der Waals surface area contributed by atoms with E-state index in [1.165, 1.54) is 12.8 Å². The van der Waals surface area contributed by atoms with Crippen LogP contribution in [0.15, 0.2) is 12.3 Å². The lowest BCUT2D eigenvalue weighted by molar-refractivity contribution is 0.405. The van der Waals surface area contributed by atoms with Gasteiger partial charge < -0.3 is 15.1 Å². The molecule has 0 radical (unpaired) electrons. The van der Waals surface area contributed by atoms with Gasteiger partial charge in [-0.1, -0.05) is 6.92 Å². The first-order valence-corrected chi connectivity index (χ1v) is 7.62. The van der Waals surface area contributed by atoms with Crippen molar-refractivity contribution in [3.05, 3.63) is 12.3 Å². The summed E-state index contributed by atoms with van der Waals surface area (Å²) in [5, 5.41) is 3.38. The van der Waals surface area contributed by atoms with Crippen molar-refractivity contribution in [2.45, 2.75) is 26.2 Å². The molecule has 1 aromatic rings. The van der Waals surface area contributed by atoms with E-state index in [9.17, 15) is 0 Å². The second kappa shape index (κ2) is 7.43. The number of aromatic nitrogens is 2. The van der Waals surface area contributed by atoms with E-state index in [4.69, 9.17) is 0 Å². The molecule has 0 saturated carbocycles. The second-order valence-electron chi connectivity index (χ2n) is 6.00. The van der Waals surface area contributed by atoms with Crippen molar-refractivity contribution >= 4 is 11.8 Å². The Morgan fingerprint density at radius 3 is 2.80 bits per heavy atom. The standard InChI is InChI=1S/C15H27N5/c1-13-6-11-20(12-7-13)15-17-9-5-14(18-15)16-8-4-10-19(2)3/h5,9,13H,4,6-8,10-12H2,1-3H3,(H,16,17,18). The molecule has 20 heavy (non-hydrogen) atoms. The number of hydrogen-bond acceptors (Lipinski definition) is 5. The number of rotatable bonds is 6. The van der Waals surface area contributed by atoms with E-state index in [2.05, 4.69) is 46.1 Å². The molecule has 0 aromatic carbocycles. The second-order valence-corrected chi connectivity index (χ2v) is 6.00. The molecule has 5 nitrogen and oxygen atoms in total. The number of nitrogens with one attached hydrogen (secondary N) is 1. The van der Waals surface area contributed by atoms with Crippen molar-refractivity contribution in [3.63, 3.8) is 0 Å². The molecule has 1 fully saturated rings. The zero-order valence-corrected chi connectivity index (χ0v) is 13.0. The van der Waals surface area contributed by atoms with E-state index in [1.807, 2.05) is 12.3 Å².